The lowest BCUT2D eigenvalue weighted by Gasteiger charge is -2.36. The van der Waals surface area contributed by atoms with Gasteiger partial charge < -0.3 is 10.2 Å². The van der Waals surface area contributed by atoms with Crippen LogP contribution in [-0.4, -0.2) is 45.7 Å². The summed E-state index contributed by atoms with van der Waals surface area (Å²) in [5, 5.41) is 17.8. The SMILES string of the molecule is CCN1[C@@H](C(=O)O)CCC[C@H]1C(=O)O. The molecule has 14 heavy (non-hydrogen) atoms. The van der Waals surface area contributed by atoms with Crippen LogP contribution in [0.1, 0.15) is 26.2 Å². The van der Waals surface area contributed by atoms with E-state index in [2.05, 4.69) is 0 Å². The minimum atomic E-state index is -0.919. The molecule has 0 spiro atoms. The van der Waals surface area contributed by atoms with Crippen molar-refractivity contribution >= 4 is 11.9 Å². The highest BCUT2D eigenvalue weighted by molar-refractivity contribution is 5.78. The molecule has 0 aromatic carbocycles. The Labute approximate surface area is 82.3 Å². The summed E-state index contributed by atoms with van der Waals surface area (Å²) in [6.45, 7) is 2.26. The zero-order valence-corrected chi connectivity index (χ0v) is 8.14. The zero-order valence-electron chi connectivity index (χ0n) is 8.14. The normalized spacial score (nSPS) is 28.6. The molecule has 1 heterocycles. The van der Waals surface area contributed by atoms with Gasteiger partial charge in [-0.05, 0) is 25.8 Å². The van der Waals surface area contributed by atoms with Crippen molar-refractivity contribution in [2.45, 2.75) is 38.3 Å². The van der Waals surface area contributed by atoms with Gasteiger partial charge in [0, 0.05) is 0 Å². The molecule has 5 heteroatoms. The van der Waals surface area contributed by atoms with Crippen molar-refractivity contribution in [3.05, 3.63) is 0 Å². The van der Waals surface area contributed by atoms with Gasteiger partial charge in [-0.1, -0.05) is 6.92 Å². The molecule has 0 aliphatic carbocycles. The van der Waals surface area contributed by atoms with E-state index in [0.29, 0.717) is 25.8 Å². The summed E-state index contributed by atoms with van der Waals surface area (Å²) in [5.74, 6) is -1.84. The summed E-state index contributed by atoms with van der Waals surface area (Å²) in [7, 11) is 0. The lowest BCUT2D eigenvalue weighted by Crippen LogP contribution is -2.53. The minimum Gasteiger partial charge on any atom is -0.480 e. The van der Waals surface area contributed by atoms with E-state index in [4.69, 9.17) is 10.2 Å². The lowest BCUT2D eigenvalue weighted by atomic mass is 9.95. The molecule has 0 aromatic rings. The van der Waals surface area contributed by atoms with E-state index in [1.807, 2.05) is 0 Å². The first-order valence-electron chi connectivity index (χ1n) is 4.79. The molecule has 80 valence electrons. The average Bonchev–Trinajstić information content (AvgIpc) is 2.16. The first kappa shape index (κ1) is 11.0. The number of carbonyl (C=O) groups is 2. The Morgan fingerprint density at radius 1 is 1.21 bits per heavy atom. The highest BCUT2D eigenvalue weighted by Crippen LogP contribution is 2.22. The van der Waals surface area contributed by atoms with Gasteiger partial charge in [-0.3, -0.25) is 14.5 Å². The molecular weight excluding hydrogens is 186 g/mol. The molecule has 0 bridgehead atoms. The number of likely N-dealkylation sites (tertiary alicyclic amines) is 1. The second-order valence-corrected chi connectivity index (χ2v) is 3.47. The van der Waals surface area contributed by atoms with Crippen LogP contribution in [0.5, 0.6) is 0 Å². The fourth-order valence-corrected chi connectivity index (χ4v) is 2.02. The first-order valence-corrected chi connectivity index (χ1v) is 4.79. The molecule has 0 saturated carbocycles. The van der Waals surface area contributed by atoms with E-state index in [9.17, 15) is 9.59 Å². The number of hydrogen-bond donors (Lipinski definition) is 2. The fraction of sp³-hybridized carbons (Fsp3) is 0.778. The Morgan fingerprint density at radius 2 is 1.64 bits per heavy atom. The van der Waals surface area contributed by atoms with E-state index >= 15 is 0 Å². The number of rotatable bonds is 3. The Morgan fingerprint density at radius 3 is 1.93 bits per heavy atom. The molecule has 1 aliphatic rings. The van der Waals surface area contributed by atoms with Gasteiger partial charge in [0.1, 0.15) is 12.1 Å². The predicted molar refractivity (Wildman–Crippen MR) is 49.1 cm³/mol. The molecular formula is C9H15NO4. The van der Waals surface area contributed by atoms with Crippen molar-refractivity contribution in [2.24, 2.45) is 0 Å². The van der Waals surface area contributed by atoms with Crippen LogP contribution in [0.15, 0.2) is 0 Å². The highest BCUT2D eigenvalue weighted by Gasteiger charge is 2.37. The Hall–Kier alpha value is -1.10. The van der Waals surface area contributed by atoms with Gasteiger partial charge in [-0.15, -0.1) is 0 Å². The molecule has 0 aromatic heterocycles. The smallest absolute Gasteiger partial charge is 0.320 e. The number of carboxylic acid groups (broad SMARTS) is 2. The van der Waals surface area contributed by atoms with Crippen LogP contribution in [0.25, 0.3) is 0 Å². The van der Waals surface area contributed by atoms with E-state index in [1.54, 1.807) is 11.8 Å². The molecule has 1 fully saturated rings. The van der Waals surface area contributed by atoms with Crippen LogP contribution < -0.4 is 0 Å². The van der Waals surface area contributed by atoms with Crippen molar-refractivity contribution < 1.29 is 19.8 Å². The zero-order chi connectivity index (χ0) is 10.7. The van der Waals surface area contributed by atoms with Crippen molar-refractivity contribution in [2.75, 3.05) is 6.54 Å². The van der Waals surface area contributed by atoms with Crippen molar-refractivity contribution in [3.8, 4) is 0 Å². The van der Waals surface area contributed by atoms with Crippen LogP contribution >= 0.6 is 0 Å². The van der Waals surface area contributed by atoms with Gasteiger partial charge in [0.25, 0.3) is 0 Å². The van der Waals surface area contributed by atoms with Gasteiger partial charge in [0.15, 0.2) is 0 Å². The maximum absolute atomic E-state index is 10.9. The summed E-state index contributed by atoms with van der Waals surface area (Å²) in [6.07, 6.45) is 1.77. The maximum atomic E-state index is 10.9. The van der Waals surface area contributed by atoms with Crippen molar-refractivity contribution in [1.29, 1.82) is 0 Å². The third-order valence-electron chi connectivity index (χ3n) is 2.69. The largest absolute Gasteiger partial charge is 0.480 e. The molecule has 0 amide bonds. The van der Waals surface area contributed by atoms with Gasteiger partial charge in [-0.25, -0.2) is 0 Å². The van der Waals surface area contributed by atoms with Crippen molar-refractivity contribution in [1.82, 2.24) is 4.90 Å². The molecule has 1 aliphatic heterocycles. The maximum Gasteiger partial charge on any atom is 0.320 e. The Bertz CT molecular complexity index is 219. The van der Waals surface area contributed by atoms with Crippen LogP contribution in [0.2, 0.25) is 0 Å². The van der Waals surface area contributed by atoms with Gasteiger partial charge in [0.2, 0.25) is 0 Å². The lowest BCUT2D eigenvalue weighted by molar-refractivity contribution is -0.153. The van der Waals surface area contributed by atoms with Gasteiger partial charge in [0.05, 0.1) is 0 Å². The first-order chi connectivity index (χ1) is 6.57. The summed E-state index contributed by atoms with van der Waals surface area (Å²) in [6, 6.07) is -1.26. The van der Waals surface area contributed by atoms with Crippen LogP contribution in [0, 0.1) is 0 Å². The van der Waals surface area contributed by atoms with Crippen LogP contribution in [0.3, 0.4) is 0 Å². The Balaban J connectivity index is 2.79. The third-order valence-corrected chi connectivity index (χ3v) is 2.69. The molecule has 5 nitrogen and oxygen atoms in total. The van der Waals surface area contributed by atoms with Gasteiger partial charge in [-0.2, -0.15) is 0 Å². The summed E-state index contributed by atoms with van der Waals surface area (Å²) in [5.41, 5.74) is 0. The molecule has 1 saturated heterocycles. The molecule has 2 N–H and O–H groups in total. The number of carboxylic acids is 2. The molecule has 1 rings (SSSR count). The topological polar surface area (TPSA) is 77.8 Å². The van der Waals surface area contributed by atoms with E-state index in [-0.39, 0.29) is 0 Å². The predicted octanol–water partition coefficient (Wildman–Crippen LogP) is 0.399. The number of aliphatic carboxylic acids is 2. The number of likely N-dealkylation sites (N-methyl/N-ethyl adjacent to an activating group) is 1. The van der Waals surface area contributed by atoms with Crippen LogP contribution in [-0.2, 0) is 9.59 Å². The Kier molecular flexibility index (Phi) is 3.46. The average molecular weight is 201 g/mol. The van der Waals surface area contributed by atoms with E-state index in [0.717, 1.165) is 0 Å². The third kappa shape index (κ3) is 2.04. The monoisotopic (exact) mass is 201 g/mol. The van der Waals surface area contributed by atoms with E-state index in [1.165, 1.54) is 0 Å². The molecule has 2 atom stereocenters. The quantitative estimate of drug-likeness (QED) is 0.691. The molecule has 0 radical (unpaired) electrons. The number of hydrogen-bond acceptors (Lipinski definition) is 3. The van der Waals surface area contributed by atoms with Crippen LogP contribution in [0.4, 0.5) is 0 Å². The standard InChI is InChI=1S/C9H15NO4/c1-2-10-6(8(11)12)4-3-5-7(10)9(13)14/h6-7H,2-5H2,1H3,(H,11,12)(H,13,14)/t6-,7+. The second kappa shape index (κ2) is 4.41. The van der Waals surface area contributed by atoms with E-state index < -0.39 is 24.0 Å². The summed E-state index contributed by atoms with van der Waals surface area (Å²) in [4.78, 5) is 23.3. The molecule has 0 unspecified atom stereocenters. The van der Waals surface area contributed by atoms with Gasteiger partial charge >= 0.3 is 11.9 Å². The highest BCUT2D eigenvalue weighted by atomic mass is 16.4. The number of piperidine rings is 1. The summed E-state index contributed by atoms with van der Waals surface area (Å²) >= 11 is 0. The number of nitrogens with zero attached hydrogens (tertiary/aromatic N) is 1. The fourth-order valence-electron chi connectivity index (χ4n) is 2.02. The summed E-state index contributed by atoms with van der Waals surface area (Å²) < 4.78 is 0. The van der Waals surface area contributed by atoms with Crippen molar-refractivity contribution in [3.63, 3.8) is 0 Å². The second-order valence-electron chi connectivity index (χ2n) is 3.47. The minimum absolute atomic E-state index is 0.466.